The molecule has 1 aliphatic heterocycles. The monoisotopic (exact) mass is 375 g/mol. The zero-order chi connectivity index (χ0) is 21.5. The molecule has 0 saturated carbocycles. The fraction of sp³-hybridized carbons (Fsp3) is 0.368. The van der Waals surface area contributed by atoms with E-state index in [2.05, 4.69) is 5.10 Å². The minimum absolute atomic E-state index is 0.0408. The topological polar surface area (TPSA) is 45.8 Å². The van der Waals surface area contributed by atoms with E-state index in [1.807, 2.05) is 6.07 Å². The molecule has 6 nitrogen and oxygen atoms in total. The predicted octanol–water partition coefficient (Wildman–Crippen LogP) is 2.36. The van der Waals surface area contributed by atoms with Gasteiger partial charge in [-0.2, -0.15) is 0 Å². The number of aryl methyl sites for hydroxylation is 1. The molecule has 0 radical (unpaired) electrons. The van der Waals surface area contributed by atoms with Crippen molar-refractivity contribution in [2.45, 2.75) is 13.0 Å². The molecular weight excluding hydrogens is 350 g/mol. The highest BCUT2D eigenvalue weighted by atomic mass is 35.5. The number of anilines is 1. The van der Waals surface area contributed by atoms with Gasteiger partial charge in [-0.1, -0.05) is 23.7 Å². The molecule has 0 aliphatic carbocycles. The summed E-state index contributed by atoms with van der Waals surface area (Å²) in [5, 5.41) is 4.72. The van der Waals surface area contributed by atoms with Gasteiger partial charge >= 0.3 is 5.69 Å². The van der Waals surface area contributed by atoms with Crippen LogP contribution in [0.4, 0.5) is 5.69 Å². The Morgan fingerprint density at radius 1 is 1.12 bits per heavy atom. The molecule has 3 heterocycles. The van der Waals surface area contributed by atoms with Crippen LogP contribution >= 0.6 is 11.6 Å². The lowest BCUT2D eigenvalue weighted by molar-refractivity contribution is 0.248. The van der Waals surface area contributed by atoms with Gasteiger partial charge in [0.15, 0.2) is 5.65 Å². The first-order chi connectivity index (χ1) is 14.2. The van der Waals surface area contributed by atoms with Gasteiger partial charge in [-0.15, -0.1) is 5.10 Å². The Bertz CT molecular complexity index is 1100. The third-order valence-corrected chi connectivity index (χ3v) is 4.54. The molecule has 0 atom stereocenters. The number of hydrogen-bond acceptors (Lipinski definition) is 4. The lowest BCUT2D eigenvalue weighted by atomic mass is 10.2. The molecule has 1 saturated heterocycles. The number of fused-ring (bicyclic) bond motifs is 1. The maximum absolute atomic E-state index is 12.4. The number of piperazine rings is 1. The summed E-state index contributed by atoms with van der Waals surface area (Å²) >= 11 is 6.03. The molecule has 3 aromatic rings. The van der Waals surface area contributed by atoms with Crippen molar-refractivity contribution in [2.75, 3.05) is 37.5 Å². The summed E-state index contributed by atoms with van der Waals surface area (Å²) < 4.78 is 36.8. The van der Waals surface area contributed by atoms with Crippen LogP contribution in [0.25, 0.3) is 5.65 Å². The number of hydrogen-bond donors (Lipinski definition) is 0. The standard InChI is InChI=1S/C19H22ClN5O/c20-16-5-3-6-17(15-16)23-13-11-22(12-14-23)8-4-10-25-19(26)24-9-2-1-7-18(24)21-25/h1-3,5-7,9,15H,4,8,10-14H2/i13D2,14D2. The van der Waals surface area contributed by atoms with Crippen LogP contribution in [0.1, 0.15) is 11.9 Å². The lowest BCUT2D eigenvalue weighted by Crippen LogP contribution is -2.46. The number of halogens is 1. The molecule has 2 aromatic heterocycles. The van der Waals surface area contributed by atoms with Gasteiger partial charge in [0.1, 0.15) is 0 Å². The molecule has 0 amide bonds. The van der Waals surface area contributed by atoms with Crippen LogP contribution in [0.5, 0.6) is 0 Å². The highest BCUT2D eigenvalue weighted by molar-refractivity contribution is 6.30. The number of benzene rings is 1. The van der Waals surface area contributed by atoms with Crippen LogP contribution in [-0.2, 0) is 6.54 Å². The fourth-order valence-corrected chi connectivity index (χ4v) is 3.15. The van der Waals surface area contributed by atoms with Crippen molar-refractivity contribution >= 4 is 22.9 Å². The van der Waals surface area contributed by atoms with Gasteiger partial charge in [0.05, 0.1) is 5.48 Å². The van der Waals surface area contributed by atoms with Gasteiger partial charge in [0, 0.05) is 56.1 Å². The van der Waals surface area contributed by atoms with Crippen molar-refractivity contribution in [3.05, 3.63) is 64.2 Å². The Balaban J connectivity index is 1.45. The summed E-state index contributed by atoms with van der Waals surface area (Å²) in [7, 11) is 0. The van der Waals surface area contributed by atoms with E-state index in [9.17, 15) is 4.79 Å². The summed E-state index contributed by atoms with van der Waals surface area (Å²) in [6.45, 7) is -2.94. The summed E-state index contributed by atoms with van der Waals surface area (Å²) in [6.07, 6.45) is 2.21. The maximum atomic E-state index is 12.4. The van der Waals surface area contributed by atoms with Gasteiger partial charge in [-0.3, -0.25) is 9.30 Å². The van der Waals surface area contributed by atoms with Crippen LogP contribution in [-0.4, -0.2) is 51.7 Å². The Kier molecular flexibility index (Phi) is 3.74. The second-order valence-corrected chi connectivity index (χ2v) is 6.57. The number of pyridine rings is 1. The van der Waals surface area contributed by atoms with E-state index in [1.54, 1.807) is 47.5 Å². The van der Waals surface area contributed by atoms with E-state index in [-0.39, 0.29) is 18.8 Å². The highest BCUT2D eigenvalue weighted by Gasteiger charge is 2.17. The van der Waals surface area contributed by atoms with E-state index in [0.717, 1.165) is 4.90 Å². The van der Waals surface area contributed by atoms with Gasteiger partial charge in [0.2, 0.25) is 0 Å². The number of rotatable bonds is 5. The van der Waals surface area contributed by atoms with E-state index in [0.29, 0.717) is 35.9 Å². The first-order valence-corrected chi connectivity index (χ1v) is 8.88. The van der Waals surface area contributed by atoms with E-state index in [4.69, 9.17) is 17.1 Å². The molecule has 0 bridgehead atoms. The first-order valence-electron chi connectivity index (χ1n) is 10.5. The molecule has 1 aromatic carbocycles. The van der Waals surface area contributed by atoms with E-state index >= 15 is 0 Å². The van der Waals surface area contributed by atoms with Crippen LogP contribution in [0.3, 0.4) is 0 Å². The zero-order valence-corrected chi connectivity index (χ0v) is 14.9. The van der Waals surface area contributed by atoms with Crippen LogP contribution in [0.15, 0.2) is 53.5 Å². The number of aromatic nitrogens is 3. The molecule has 136 valence electrons. The summed E-state index contributed by atoms with van der Waals surface area (Å²) in [6, 6.07) is 11.9. The van der Waals surface area contributed by atoms with E-state index in [1.165, 1.54) is 9.08 Å². The van der Waals surface area contributed by atoms with Crippen molar-refractivity contribution in [1.29, 1.82) is 0 Å². The Morgan fingerprint density at radius 3 is 2.73 bits per heavy atom. The smallest absolute Gasteiger partial charge is 0.350 e. The van der Waals surface area contributed by atoms with Gasteiger partial charge < -0.3 is 4.90 Å². The van der Waals surface area contributed by atoms with Gasteiger partial charge in [-0.05, 0) is 36.8 Å². The molecule has 0 spiro atoms. The van der Waals surface area contributed by atoms with Crippen molar-refractivity contribution in [1.82, 2.24) is 19.1 Å². The molecule has 1 fully saturated rings. The quantitative estimate of drug-likeness (QED) is 0.686. The molecule has 7 heteroatoms. The average Bonchev–Trinajstić information content (AvgIpc) is 2.96. The van der Waals surface area contributed by atoms with Gasteiger partial charge in [-0.25, -0.2) is 9.48 Å². The molecular formula is C19H22ClN5O. The Hall–Kier alpha value is -2.31. The second-order valence-electron chi connectivity index (χ2n) is 6.13. The van der Waals surface area contributed by atoms with Crippen molar-refractivity contribution in [2.24, 2.45) is 0 Å². The lowest BCUT2D eigenvalue weighted by Gasteiger charge is -2.36. The molecule has 26 heavy (non-hydrogen) atoms. The average molecular weight is 376 g/mol. The van der Waals surface area contributed by atoms with E-state index < -0.39 is 13.0 Å². The molecule has 4 rings (SSSR count). The fourth-order valence-electron chi connectivity index (χ4n) is 2.97. The van der Waals surface area contributed by atoms with Crippen molar-refractivity contribution in [3.8, 4) is 0 Å². The summed E-state index contributed by atoms with van der Waals surface area (Å²) in [5.41, 5.74) is 0.765. The first kappa shape index (κ1) is 12.9. The SMILES string of the molecule is [2H]C1([2H])CN(CCCn2nc3ccccn3c2=O)CC([2H])([2H])N1c1cccc(Cl)c1. The van der Waals surface area contributed by atoms with Crippen LogP contribution in [0, 0.1) is 0 Å². The number of nitrogens with zero attached hydrogens (tertiary/aromatic N) is 5. The third kappa shape index (κ3) is 3.61. The Labute approximate surface area is 162 Å². The minimum atomic E-state index is -1.92. The van der Waals surface area contributed by atoms with Gasteiger partial charge in [0.25, 0.3) is 0 Å². The third-order valence-electron chi connectivity index (χ3n) is 4.30. The highest BCUT2D eigenvalue weighted by Crippen LogP contribution is 2.20. The Morgan fingerprint density at radius 2 is 1.96 bits per heavy atom. The predicted molar refractivity (Wildman–Crippen MR) is 104 cm³/mol. The maximum Gasteiger partial charge on any atom is 0.350 e. The van der Waals surface area contributed by atoms with Crippen molar-refractivity contribution < 1.29 is 5.48 Å². The zero-order valence-electron chi connectivity index (χ0n) is 18.2. The van der Waals surface area contributed by atoms with Crippen molar-refractivity contribution in [3.63, 3.8) is 0 Å². The molecule has 0 N–H and O–H groups in total. The van der Waals surface area contributed by atoms with Crippen LogP contribution in [0.2, 0.25) is 5.02 Å². The normalized spacial score (nSPS) is 21.8. The molecule has 0 unspecified atom stereocenters. The second kappa shape index (κ2) is 7.51. The summed E-state index contributed by atoms with van der Waals surface area (Å²) in [4.78, 5) is 15.3. The minimum Gasteiger partial charge on any atom is -0.369 e. The summed E-state index contributed by atoms with van der Waals surface area (Å²) in [5.74, 6) is 0. The molecule has 1 aliphatic rings. The van der Waals surface area contributed by atoms with Crippen LogP contribution < -0.4 is 10.6 Å². The largest absolute Gasteiger partial charge is 0.369 e.